The molecule has 0 aliphatic carbocycles. The van der Waals surface area contributed by atoms with Crippen molar-refractivity contribution in [1.82, 2.24) is 0 Å². The summed E-state index contributed by atoms with van der Waals surface area (Å²) in [6.07, 6.45) is 0.617. The molecule has 2 aromatic rings. The summed E-state index contributed by atoms with van der Waals surface area (Å²) >= 11 is 7.23. The summed E-state index contributed by atoms with van der Waals surface area (Å²) in [4.78, 5) is 36.2. The molecule has 2 rings (SSSR count). The normalized spacial score (nSPS) is 10.5. The van der Waals surface area contributed by atoms with Crippen molar-refractivity contribution < 1.29 is 24.2 Å². The maximum Gasteiger partial charge on any atom is 0.329 e. The van der Waals surface area contributed by atoms with E-state index in [1.807, 2.05) is 13.8 Å². The molecule has 1 aromatic heterocycles. The minimum absolute atomic E-state index is 0.361. The summed E-state index contributed by atoms with van der Waals surface area (Å²) in [6.45, 7) is 2.81. The highest BCUT2D eigenvalue weighted by molar-refractivity contribution is 7.16. The van der Waals surface area contributed by atoms with E-state index < -0.39 is 25.1 Å². The van der Waals surface area contributed by atoms with E-state index in [4.69, 9.17) is 21.4 Å². The Hall–Kier alpha value is -2.42. The average Bonchev–Trinajstić information content (AvgIpc) is 2.89. The Kier molecular flexibility index (Phi) is 7.35. The summed E-state index contributed by atoms with van der Waals surface area (Å²) in [5.74, 6) is -2.05. The first-order valence-corrected chi connectivity index (χ1v) is 9.29. The summed E-state index contributed by atoms with van der Waals surface area (Å²) < 4.78 is 4.78. The van der Waals surface area contributed by atoms with Crippen LogP contribution in [0.5, 0.6) is 0 Å². The summed E-state index contributed by atoms with van der Waals surface area (Å²) in [7, 11) is 0. The molecule has 9 heteroatoms. The molecular formula is C18H19ClN2O5S. The van der Waals surface area contributed by atoms with Crippen LogP contribution in [0.1, 0.15) is 27.7 Å². The van der Waals surface area contributed by atoms with Gasteiger partial charge in [0, 0.05) is 15.6 Å². The Morgan fingerprint density at radius 3 is 2.59 bits per heavy atom. The van der Waals surface area contributed by atoms with Crippen molar-refractivity contribution in [2.24, 2.45) is 0 Å². The van der Waals surface area contributed by atoms with Crippen LogP contribution in [0.25, 0.3) is 0 Å². The Balaban J connectivity index is 2.20. The summed E-state index contributed by atoms with van der Waals surface area (Å²) in [6, 6.07) is 6.77. The molecule has 144 valence electrons. The maximum atomic E-state index is 12.8. The van der Waals surface area contributed by atoms with E-state index in [-0.39, 0.29) is 5.91 Å². The van der Waals surface area contributed by atoms with E-state index in [0.29, 0.717) is 27.7 Å². The van der Waals surface area contributed by atoms with Crippen LogP contribution in [0.3, 0.4) is 0 Å². The summed E-state index contributed by atoms with van der Waals surface area (Å²) in [5.41, 5.74) is 1.76. The number of aryl methyl sites for hydroxylation is 1. The van der Waals surface area contributed by atoms with Gasteiger partial charge in [-0.3, -0.25) is 9.59 Å². The van der Waals surface area contributed by atoms with Gasteiger partial charge in [-0.2, -0.15) is 0 Å². The van der Waals surface area contributed by atoms with Crippen LogP contribution in [0.2, 0.25) is 5.02 Å². The van der Waals surface area contributed by atoms with Crippen LogP contribution in [-0.2, 0) is 20.7 Å². The van der Waals surface area contributed by atoms with E-state index in [2.05, 4.69) is 10.6 Å². The quantitative estimate of drug-likeness (QED) is 0.617. The number of rotatable bonds is 8. The highest BCUT2D eigenvalue weighted by Crippen LogP contribution is 2.34. The minimum Gasteiger partial charge on any atom is -0.480 e. The van der Waals surface area contributed by atoms with Gasteiger partial charge < -0.3 is 20.5 Å². The number of thiophene rings is 1. The van der Waals surface area contributed by atoms with E-state index >= 15 is 0 Å². The predicted octanol–water partition coefficient (Wildman–Crippen LogP) is 3.56. The number of ether oxygens (including phenoxy) is 1. The van der Waals surface area contributed by atoms with Gasteiger partial charge in [-0.25, -0.2) is 4.79 Å². The SMILES string of the molecule is CCc1c(C)sc(NC(=O)COCC(=O)O)c1C(=O)Nc1cccc(Cl)c1. The highest BCUT2D eigenvalue weighted by atomic mass is 35.5. The standard InChI is InChI=1S/C18H19ClN2O5S/c1-3-13-10(2)27-18(21-14(22)8-26-9-15(23)24)16(13)17(25)20-12-6-4-5-11(19)7-12/h4-7H,3,8-9H2,1-2H3,(H,20,25)(H,21,22)(H,23,24). The fraction of sp³-hybridized carbons (Fsp3) is 0.278. The first kappa shape index (κ1) is 20.9. The number of nitrogens with one attached hydrogen (secondary N) is 2. The molecule has 0 aliphatic rings. The molecule has 27 heavy (non-hydrogen) atoms. The van der Waals surface area contributed by atoms with Crippen molar-refractivity contribution in [3.8, 4) is 0 Å². The van der Waals surface area contributed by atoms with Gasteiger partial charge in [0.15, 0.2) is 0 Å². The lowest BCUT2D eigenvalue weighted by Crippen LogP contribution is -2.22. The first-order chi connectivity index (χ1) is 12.8. The molecule has 0 atom stereocenters. The van der Waals surface area contributed by atoms with Crippen molar-refractivity contribution >= 4 is 51.4 Å². The number of carbonyl (C=O) groups excluding carboxylic acids is 2. The monoisotopic (exact) mass is 410 g/mol. The molecule has 0 radical (unpaired) electrons. The zero-order chi connectivity index (χ0) is 20.0. The van der Waals surface area contributed by atoms with Gasteiger partial charge in [-0.05, 0) is 37.1 Å². The smallest absolute Gasteiger partial charge is 0.329 e. The molecular weight excluding hydrogens is 392 g/mol. The van der Waals surface area contributed by atoms with Gasteiger partial charge in [0.2, 0.25) is 0 Å². The molecule has 2 amide bonds. The van der Waals surface area contributed by atoms with Gasteiger partial charge in [0.05, 0.1) is 5.56 Å². The lowest BCUT2D eigenvalue weighted by Gasteiger charge is -2.10. The summed E-state index contributed by atoms with van der Waals surface area (Å²) in [5, 5.41) is 14.9. The first-order valence-electron chi connectivity index (χ1n) is 8.10. The maximum absolute atomic E-state index is 12.8. The van der Waals surface area contributed by atoms with E-state index in [1.54, 1.807) is 24.3 Å². The van der Waals surface area contributed by atoms with Gasteiger partial charge in [-0.15, -0.1) is 11.3 Å². The minimum atomic E-state index is -1.16. The number of amides is 2. The topological polar surface area (TPSA) is 105 Å². The third-order valence-electron chi connectivity index (χ3n) is 3.58. The molecule has 0 spiro atoms. The zero-order valence-corrected chi connectivity index (χ0v) is 16.4. The lowest BCUT2D eigenvalue weighted by atomic mass is 10.1. The van der Waals surface area contributed by atoms with Crippen LogP contribution in [0.15, 0.2) is 24.3 Å². The molecule has 1 heterocycles. The van der Waals surface area contributed by atoms with Gasteiger partial charge in [0.1, 0.15) is 18.2 Å². The van der Waals surface area contributed by atoms with Crippen molar-refractivity contribution in [2.75, 3.05) is 23.8 Å². The number of carbonyl (C=O) groups is 3. The van der Waals surface area contributed by atoms with Crippen LogP contribution in [-0.4, -0.2) is 36.1 Å². The largest absolute Gasteiger partial charge is 0.480 e. The third kappa shape index (κ3) is 5.78. The zero-order valence-electron chi connectivity index (χ0n) is 14.8. The second-order valence-electron chi connectivity index (χ2n) is 5.59. The molecule has 3 N–H and O–H groups in total. The fourth-order valence-corrected chi connectivity index (χ4v) is 3.84. The Morgan fingerprint density at radius 1 is 1.22 bits per heavy atom. The van der Waals surface area contributed by atoms with E-state index in [9.17, 15) is 14.4 Å². The van der Waals surface area contributed by atoms with Crippen LogP contribution in [0.4, 0.5) is 10.7 Å². The van der Waals surface area contributed by atoms with Crippen molar-refractivity contribution in [3.05, 3.63) is 45.3 Å². The van der Waals surface area contributed by atoms with Crippen LogP contribution >= 0.6 is 22.9 Å². The van der Waals surface area contributed by atoms with Crippen molar-refractivity contribution in [3.63, 3.8) is 0 Å². The molecule has 0 unspecified atom stereocenters. The van der Waals surface area contributed by atoms with Gasteiger partial charge in [-0.1, -0.05) is 24.6 Å². The van der Waals surface area contributed by atoms with Gasteiger partial charge >= 0.3 is 5.97 Å². The van der Waals surface area contributed by atoms with Crippen LogP contribution in [0, 0.1) is 6.92 Å². The molecule has 0 aliphatic heterocycles. The van der Waals surface area contributed by atoms with Crippen LogP contribution < -0.4 is 10.6 Å². The molecule has 0 saturated heterocycles. The van der Waals surface area contributed by atoms with Gasteiger partial charge in [0.25, 0.3) is 11.8 Å². The molecule has 7 nitrogen and oxygen atoms in total. The van der Waals surface area contributed by atoms with Crippen molar-refractivity contribution in [2.45, 2.75) is 20.3 Å². The fourth-order valence-electron chi connectivity index (χ4n) is 2.49. The number of aliphatic carboxylic acids is 1. The molecule has 1 aromatic carbocycles. The van der Waals surface area contributed by atoms with E-state index in [1.165, 1.54) is 11.3 Å². The number of hydrogen-bond donors (Lipinski definition) is 3. The highest BCUT2D eigenvalue weighted by Gasteiger charge is 2.22. The molecule has 0 fully saturated rings. The molecule has 0 bridgehead atoms. The average molecular weight is 411 g/mol. The predicted molar refractivity (Wildman–Crippen MR) is 105 cm³/mol. The molecule has 0 saturated carbocycles. The number of halogens is 1. The lowest BCUT2D eigenvalue weighted by molar-refractivity contribution is -0.143. The van der Waals surface area contributed by atoms with E-state index in [0.717, 1.165) is 10.4 Å². The Labute approximate surface area is 165 Å². The number of benzene rings is 1. The second-order valence-corrected chi connectivity index (χ2v) is 7.25. The Morgan fingerprint density at radius 2 is 1.96 bits per heavy atom. The van der Waals surface area contributed by atoms with Crippen molar-refractivity contribution in [1.29, 1.82) is 0 Å². The number of carboxylic acids is 1. The number of hydrogen-bond acceptors (Lipinski definition) is 5. The number of carboxylic acid groups (broad SMARTS) is 1. The third-order valence-corrected chi connectivity index (χ3v) is 4.88. The Bertz CT molecular complexity index is 865. The number of anilines is 2. The second kappa shape index (κ2) is 9.50.